The van der Waals surface area contributed by atoms with E-state index in [9.17, 15) is 9.59 Å². The van der Waals surface area contributed by atoms with Gasteiger partial charge in [0.1, 0.15) is 0 Å². The van der Waals surface area contributed by atoms with Crippen molar-refractivity contribution in [3.8, 4) is 33.8 Å². The Morgan fingerprint density at radius 2 is 1.08 bits per heavy atom. The van der Waals surface area contributed by atoms with E-state index in [-0.39, 0.29) is 56.2 Å². The molecule has 210 valence electrons. The molecular formula is C27H32Cl2N4O6. The number of anilines is 2. The number of amides is 2. The van der Waals surface area contributed by atoms with Crippen molar-refractivity contribution >= 4 is 48.4 Å². The molecule has 0 saturated carbocycles. The van der Waals surface area contributed by atoms with Crippen LogP contribution in [0.1, 0.15) is 12.8 Å². The van der Waals surface area contributed by atoms with Gasteiger partial charge in [-0.3, -0.25) is 10.6 Å². The minimum absolute atomic E-state index is 0. The van der Waals surface area contributed by atoms with Crippen molar-refractivity contribution in [2.75, 3.05) is 43.7 Å². The van der Waals surface area contributed by atoms with E-state index in [1.54, 1.807) is 0 Å². The van der Waals surface area contributed by atoms with Crippen LogP contribution in [0, 0.1) is 0 Å². The second-order valence-corrected chi connectivity index (χ2v) is 8.10. The van der Waals surface area contributed by atoms with Gasteiger partial charge in [0, 0.05) is 0 Å². The van der Waals surface area contributed by atoms with E-state index in [0.29, 0.717) is 48.6 Å². The van der Waals surface area contributed by atoms with E-state index < -0.39 is 12.2 Å². The summed E-state index contributed by atoms with van der Waals surface area (Å²) in [5.41, 5.74) is 14.2. The highest BCUT2D eigenvalue weighted by Gasteiger charge is 2.33. The first-order valence-electron chi connectivity index (χ1n) is 12.0. The molecular weight excluding hydrogens is 547 g/mol. The average Bonchev–Trinajstić information content (AvgIpc) is 3.39. The number of ether oxygens (including phenoxy) is 4. The predicted octanol–water partition coefficient (Wildman–Crippen LogP) is 5.39. The first kappa shape index (κ1) is 31.5. The van der Waals surface area contributed by atoms with E-state index in [0.717, 1.165) is 11.1 Å². The molecule has 0 fully saturated rings. The second kappa shape index (κ2) is 15.6. The first-order chi connectivity index (χ1) is 18.1. The molecule has 0 atom stereocenters. The summed E-state index contributed by atoms with van der Waals surface area (Å²) in [6.07, 6.45) is -0.395. The van der Waals surface area contributed by atoms with Gasteiger partial charge in [-0.1, -0.05) is 60.7 Å². The number of carbonyl (C=O) groups is 2. The van der Waals surface area contributed by atoms with Crippen LogP contribution < -0.4 is 31.6 Å². The van der Waals surface area contributed by atoms with Crippen LogP contribution in [-0.2, 0) is 9.47 Å². The van der Waals surface area contributed by atoms with E-state index in [1.807, 2.05) is 60.7 Å². The molecule has 1 aliphatic heterocycles. The lowest BCUT2D eigenvalue weighted by atomic mass is 9.93. The van der Waals surface area contributed by atoms with Crippen molar-refractivity contribution < 1.29 is 28.5 Å². The van der Waals surface area contributed by atoms with Crippen LogP contribution in [0.25, 0.3) is 22.3 Å². The molecule has 2 amide bonds. The summed E-state index contributed by atoms with van der Waals surface area (Å²) in [4.78, 5) is 25.7. The van der Waals surface area contributed by atoms with Crippen molar-refractivity contribution in [1.29, 1.82) is 0 Å². The van der Waals surface area contributed by atoms with Crippen LogP contribution >= 0.6 is 24.8 Å². The molecule has 3 aromatic rings. The van der Waals surface area contributed by atoms with E-state index in [1.165, 1.54) is 0 Å². The fraction of sp³-hybridized carbons (Fsp3) is 0.259. The van der Waals surface area contributed by atoms with Crippen LogP contribution in [0.3, 0.4) is 0 Å². The number of fused-ring (bicyclic) bond motifs is 1. The molecule has 0 spiro atoms. The molecule has 0 aromatic heterocycles. The van der Waals surface area contributed by atoms with Gasteiger partial charge in [0.05, 0.1) is 35.7 Å². The highest BCUT2D eigenvalue weighted by molar-refractivity contribution is 6.10. The Morgan fingerprint density at radius 3 is 1.44 bits per heavy atom. The molecule has 1 heterocycles. The quantitative estimate of drug-likeness (QED) is 0.234. The smallest absolute Gasteiger partial charge is 0.411 e. The van der Waals surface area contributed by atoms with Crippen molar-refractivity contribution in [1.82, 2.24) is 0 Å². The normalized spacial score (nSPS) is 11.0. The summed E-state index contributed by atoms with van der Waals surface area (Å²) in [6.45, 7) is 1.02. The maximum Gasteiger partial charge on any atom is 0.411 e. The van der Waals surface area contributed by atoms with Gasteiger partial charge in [-0.05, 0) is 37.1 Å². The number of hydrogen-bond donors (Lipinski definition) is 4. The van der Waals surface area contributed by atoms with Crippen molar-refractivity contribution in [3.05, 3.63) is 60.7 Å². The van der Waals surface area contributed by atoms with Gasteiger partial charge in [-0.2, -0.15) is 0 Å². The van der Waals surface area contributed by atoms with E-state index in [4.69, 9.17) is 30.4 Å². The Kier molecular flexibility index (Phi) is 12.6. The van der Waals surface area contributed by atoms with Crippen molar-refractivity contribution in [2.45, 2.75) is 12.8 Å². The van der Waals surface area contributed by atoms with Crippen molar-refractivity contribution in [3.63, 3.8) is 0 Å². The lowest BCUT2D eigenvalue weighted by molar-refractivity contribution is 0.159. The number of carbonyl (C=O) groups excluding carboxylic acids is 2. The minimum Gasteiger partial charge on any atom is -0.453 e. The molecule has 0 radical (unpaired) electrons. The molecule has 0 saturated heterocycles. The van der Waals surface area contributed by atoms with Crippen molar-refractivity contribution in [2.24, 2.45) is 11.5 Å². The fourth-order valence-electron chi connectivity index (χ4n) is 3.91. The van der Waals surface area contributed by atoms with Crippen LogP contribution in [0.5, 0.6) is 11.5 Å². The zero-order valence-electron chi connectivity index (χ0n) is 21.1. The van der Waals surface area contributed by atoms with Crippen LogP contribution in [0.2, 0.25) is 0 Å². The number of halogens is 2. The SMILES string of the molecule is Cl.Cl.NCCCOC(=O)Nc1c(NC(=O)OCCCN)c(-c2ccccc2)c2c(c1-c1ccccc1)OCO2. The maximum absolute atomic E-state index is 12.9. The van der Waals surface area contributed by atoms with Crippen LogP contribution in [0.4, 0.5) is 21.0 Å². The van der Waals surface area contributed by atoms with Gasteiger partial charge in [0.25, 0.3) is 0 Å². The Morgan fingerprint density at radius 1 is 0.692 bits per heavy atom. The predicted molar refractivity (Wildman–Crippen MR) is 155 cm³/mol. The summed E-state index contributed by atoms with van der Waals surface area (Å²) in [5, 5.41) is 5.64. The highest BCUT2D eigenvalue weighted by atomic mass is 35.5. The number of benzene rings is 3. The molecule has 0 unspecified atom stereocenters. The summed E-state index contributed by atoms with van der Waals surface area (Å²) >= 11 is 0. The minimum atomic E-state index is -0.706. The Hall–Kier alpha value is -3.70. The molecule has 6 N–H and O–H groups in total. The van der Waals surface area contributed by atoms with Gasteiger partial charge in [0.2, 0.25) is 6.79 Å². The number of nitrogens with two attached hydrogens (primary N) is 2. The van der Waals surface area contributed by atoms with Crippen LogP contribution in [0.15, 0.2) is 60.7 Å². The lowest BCUT2D eigenvalue weighted by Gasteiger charge is -2.22. The summed E-state index contributed by atoms with van der Waals surface area (Å²) < 4.78 is 22.5. The first-order valence-corrected chi connectivity index (χ1v) is 12.0. The van der Waals surface area contributed by atoms with E-state index in [2.05, 4.69) is 10.6 Å². The fourth-order valence-corrected chi connectivity index (χ4v) is 3.91. The molecule has 4 rings (SSSR count). The second-order valence-electron chi connectivity index (χ2n) is 8.10. The highest BCUT2D eigenvalue weighted by Crippen LogP contribution is 2.56. The number of rotatable bonds is 10. The van der Waals surface area contributed by atoms with Gasteiger partial charge in [-0.15, -0.1) is 24.8 Å². The van der Waals surface area contributed by atoms with Gasteiger partial charge in [0.15, 0.2) is 11.5 Å². The lowest BCUT2D eigenvalue weighted by Crippen LogP contribution is -2.21. The monoisotopic (exact) mass is 578 g/mol. The largest absolute Gasteiger partial charge is 0.453 e. The number of nitrogens with one attached hydrogen (secondary N) is 2. The molecule has 1 aliphatic rings. The Labute approximate surface area is 239 Å². The van der Waals surface area contributed by atoms with Gasteiger partial charge in [-0.25, -0.2) is 9.59 Å². The molecule has 12 heteroatoms. The molecule has 0 aliphatic carbocycles. The third-order valence-electron chi connectivity index (χ3n) is 5.56. The summed E-state index contributed by atoms with van der Waals surface area (Å²) in [6, 6.07) is 18.7. The molecule has 10 nitrogen and oxygen atoms in total. The topological polar surface area (TPSA) is 147 Å². The zero-order chi connectivity index (χ0) is 26.0. The average molecular weight is 579 g/mol. The molecule has 39 heavy (non-hydrogen) atoms. The summed E-state index contributed by atoms with van der Waals surface area (Å²) in [7, 11) is 0. The third-order valence-corrected chi connectivity index (χ3v) is 5.56. The standard InChI is InChI=1S/C27H30N4O6.2ClH/c28-13-7-15-34-26(32)30-22-20(18-9-3-1-4-10-18)24-25(37-17-36-24)21(19-11-5-2-6-12-19)23(22)31-27(33)35-16-8-14-29;;/h1-6,9-12H,7-8,13-17,28-29H2,(H,30,32)(H,31,33);2*1H. The van der Waals surface area contributed by atoms with Gasteiger partial charge >= 0.3 is 12.2 Å². The zero-order valence-corrected chi connectivity index (χ0v) is 22.8. The maximum atomic E-state index is 12.9. The number of hydrogen-bond acceptors (Lipinski definition) is 8. The Balaban J connectivity index is 0.00000267. The third kappa shape index (κ3) is 7.67. The molecule has 3 aromatic carbocycles. The Bertz CT molecular complexity index is 1140. The molecule has 0 bridgehead atoms. The van der Waals surface area contributed by atoms with Gasteiger partial charge < -0.3 is 30.4 Å². The van der Waals surface area contributed by atoms with E-state index >= 15 is 0 Å². The van der Waals surface area contributed by atoms with Crippen LogP contribution in [-0.4, -0.2) is 45.3 Å². The summed E-state index contributed by atoms with van der Waals surface area (Å²) in [5.74, 6) is 0.869.